The average molecular weight is 1050 g/mol. The minimum Gasteiger partial charge on any atom is -0.251 e. The first-order valence-electron chi connectivity index (χ1n) is 28.8. The molecule has 0 saturated carbocycles. The maximum Gasteiger partial charge on any atom is 0.160 e. The Bertz CT molecular complexity index is 4660. The van der Waals surface area contributed by atoms with Crippen molar-refractivity contribution in [2.75, 3.05) is 0 Å². The molecule has 0 N–H and O–H groups in total. The van der Waals surface area contributed by atoms with Crippen LogP contribution in [0.3, 0.4) is 0 Å². The monoisotopic (exact) mass is 1050 g/mol. The molecule has 3 aliphatic carbocycles. The molecule has 0 amide bonds. The van der Waals surface area contributed by atoms with Crippen LogP contribution in [-0.4, -0.2) is 15.7 Å². The summed E-state index contributed by atoms with van der Waals surface area (Å²) in [4.78, 5) is 17.1. The molecule has 2 heterocycles. The van der Waals surface area contributed by atoms with E-state index in [2.05, 4.69) is 289 Å². The smallest absolute Gasteiger partial charge is 0.160 e. The van der Waals surface area contributed by atoms with Gasteiger partial charge in [-0.2, -0.15) is 0 Å². The third-order valence-electron chi connectivity index (χ3n) is 18.5. The van der Waals surface area contributed by atoms with Crippen LogP contribution in [0.1, 0.15) is 101 Å². The van der Waals surface area contributed by atoms with Crippen LogP contribution in [-0.2, 0) is 10.8 Å². The number of fused-ring (bicyclic) bond motifs is 9. The van der Waals surface area contributed by atoms with Crippen molar-refractivity contribution < 1.29 is 0 Å². The van der Waals surface area contributed by atoms with E-state index in [9.17, 15) is 0 Å². The highest BCUT2D eigenvalue weighted by Crippen LogP contribution is 2.54. The summed E-state index contributed by atoms with van der Waals surface area (Å²) < 4.78 is 0. The normalized spacial score (nSPS) is 16.4. The fraction of sp³-hybridized carbons (Fsp3) is 0.101. The van der Waals surface area contributed by atoms with E-state index in [0.29, 0.717) is 5.82 Å². The summed E-state index contributed by atoms with van der Waals surface area (Å²) in [6, 6.07) is 93.8. The SMILES string of the molecule is CC1(C)c2ccccc2-c2ccc(-c3cc(-c4ccc5c(c4)C(C)(C)c4ccccc4-5)c4nc(-c5ccc6c(c5)N=C(c5ccccc5)C6c5ccccc5)nc(-c5ccc6c(c5)C=C(c5ccccc5)C6c5ccccc5)c4c3)cc21. The highest BCUT2D eigenvalue weighted by molar-refractivity contribution is 6.12. The van der Waals surface area contributed by atoms with E-state index in [1.54, 1.807) is 0 Å². The number of hydrogen-bond acceptors (Lipinski definition) is 3. The van der Waals surface area contributed by atoms with Gasteiger partial charge in [-0.25, -0.2) is 9.97 Å². The van der Waals surface area contributed by atoms with Crippen LogP contribution in [0, 0.1) is 0 Å². The fourth-order valence-corrected chi connectivity index (χ4v) is 14.3. The van der Waals surface area contributed by atoms with Gasteiger partial charge in [0.1, 0.15) is 0 Å². The van der Waals surface area contributed by atoms with Crippen molar-refractivity contribution in [1.82, 2.24) is 9.97 Å². The third kappa shape index (κ3) is 7.46. The van der Waals surface area contributed by atoms with Crippen molar-refractivity contribution in [3.8, 4) is 67.2 Å². The quantitative estimate of drug-likeness (QED) is 0.152. The first-order valence-corrected chi connectivity index (χ1v) is 28.8. The molecule has 11 aromatic carbocycles. The van der Waals surface area contributed by atoms with E-state index < -0.39 is 0 Å². The molecule has 0 radical (unpaired) electrons. The molecule has 1 aliphatic heterocycles. The number of aromatic nitrogens is 2. The van der Waals surface area contributed by atoms with Crippen molar-refractivity contribution in [2.45, 2.75) is 50.4 Å². The van der Waals surface area contributed by atoms with Crippen LogP contribution in [0.2, 0.25) is 0 Å². The summed E-state index contributed by atoms with van der Waals surface area (Å²) in [6.07, 6.45) is 2.41. The van der Waals surface area contributed by atoms with Gasteiger partial charge >= 0.3 is 0 Å². The molecular weight excluding hydrogens is 991 g/mol. The first-order chi connectivity index (χ1) is 40.2. The Balaban J connectivity index is 0.952. The van der Waals surface area contributed by atoms with E-state index in [-0.39, 0.29) is 22.7 Å². The van der Waals surface area contributed by atoms with E-state index in [1.165, 1.54) is 89.0 Å². The van der Waals surface area contributed by atoms with Crippen molar-refractivity contribution in [3.05, 3.63) is 316 Å². The summed E-state index contributed by atoms with van der Waals surface area (Å²) >= 11 is 0. The summed E-state index contributed by atoms with van der Waals surface area (Å²) in [5.74, 6) is 0.731. The van der Waals surface area contributed by atoms with Crippen LogP contribution in [0.4, 0.5) is 5.69 Å². The van der Waals surface area contributed by atoms with Gasteiger partial charge in [0, 0.05) is 38.8 Å². The Morgan fingerprint density at radius 3 is 1.52 bits per heavy atom. The zero-order chi connectivity index (χ0) is 54.8. The standard InChI is InChI=1S/C79H57N3/c1-78(2)67-31-19-17-29-59(67)61-38-33-52(45-69(61)78)56-42-65(53-34-39-62-60-30-18-20-32-68(60)79(3,4)70(62)46-53)76-66(43-56)74(54-35-37-58-57(41-54)44-64(48-21-9-5-10-22-48)72(58)49-23-11-6-12-24-49)81-77(82-76)55-36-40-63-71(47-55)80-75(51-27-15-8-16-28-51)73(63)50-25-13-7-14-26-50/h5-47,72-73H,1-4H3. The van der Waals surface area contributed by atoms with Crippen LogP contribution < -0.4 is 0 Å². The van der Waals surface area contributed by atoms with E-state index in [0.717, 1.165) is 61.4 Å². The van der Waals surface area contributed by atoms with Crippen LogP contribution >= 0.6 is 0 Å². The first kappa shape index (κ1) is 48.1. The van der Waals surface area contributed by atoms with Gasteiger partial charge in [-0.3, -0.25) is 4.99 Å². The van der Waals surface area contributed by atoms with Gasteiger partial charge in [0.25, 0.3) is 0 Å². The minimum atomic E-state index is -0.198. The predicted molar refractivity (Wildman–Crippen MR) is 340 cm³/mol. The molecule has 1 aromatic heterocycles. The highest BCUT2D eigenvalue weighted by Gasteiger charge is 2.38. The molecule has 0 spiro atoms. The van der Waals surface area contributed by atoms with Gasteiger partial charge in [0.05, 0.1) is 28.5 Å². The lowest BCUT2D eigenvalue weighted by molar-refractivity contribution is 0.660. The number of allylic oxidation sites excluding steroid dienone is 1. The zero-order valence-electron chi connectivity index (χ0n) is 46.3. The van der Waals surface area contributed by atoms with Gasteiger partial charge in [-0.1, -0.05) is 246 Å². The van der Waals surface area contributed by atoms with Crippen molar-refractivity contribution in [3.63, 3.8) is 0 Å². The topological polar surface area (TPSA) is 38.1 Å². The average Bonchev–Trinajstić information content (AvgIpc) is 3.33. The molecule has 388 valence electrons. The summed E-state index contributed by atoms with van der Waals surface area (Å²) in [7, 11) is 0. The summed E-state index contributed by atoms with van der Waals surface area (Å²) in [5, 5.41) is 1.00. The number of benzene rings is 11. The van der Waals surface area contributed by atoms with Crippen LogP contribution in [0.5, 0.6) is 0 Å². The van der Waals surface area contributed by atoms with Crippen LogP contribution in [0.25, 0.3) is 89.7 Å². The Morgan fingerprint density at radius 2 is 0.866 bits per heavy atom. The van der Waals surface area contributed by atoms with Gasteiger partial charge in [0.2, 0.25) is 0 Å². The molecule has 2 atom stereocenters. The molecule has 4 aliphatic rings. The lowest BCUT2D eigenvalue weighted by Gasteiger charge is -2.23. The van der Waals surface area contributed by atoms with Crippen molar-refractivity contribution in [2.24, 2.45) is 4.99 Å². The minimum absolute atomic E-state index is 0.0140. The number of aliphatic imine (C=N–C) groups is 1. The molecule has 16 rings (SSSR count). The van der Waals surface area contributed by atoms with Gasteiger partial charge in [-0.15, -0.1) is 0 Å². The van der Waals surface area contributed by atoms with Gasteiger partial charge in [0.15, 0.2) is 5.82 Å². The molecule has 0 fully saturated rings. The number of rotatable bonds is 8. The lowest BCUT2D eigenvalue weighted by atomic mass is 9.81. The Labute approximate surface area is 479 Å². The molecule has 3 nitrogen and oxygen atoms in total. The fourth-order valence-electron chi connectivity index (χ4n) is 14.3. The maximum atomic E-state index is 5.81. The summed E-state index contributed by atoms with van der Waals surface area (Å²) in [6.45, 7) is 9.48. The second-order valence-corrected chi connectivity index (χ2v) is 23.8. The molecule has 82 heavy (non-hydrogen) atoms. The Kier molecular flexibility index (Phi) is 10.8. The molecule has 12 aromatic rings. The van der Waals surface area contributed by atoms with Crippen molar-refractivity contribution >= 4 is 34.0 Å². The Hall–Kier alpha value is -9.83. The highest BCUT2D eigenvalue weighted by atomic mass is 14.9. The number of hydrogen-bond donors (Lipinski definition) is 0. The number of nitrogens with zero attached hydrogens (tertiary/aromatic N) is 3. The second-order valence-electron chi connectivity index (χ2n) is 23.8. The molecule has 3 heteroatoms. The predicted octanol–water partition coefficient (Wildman–Crippen LogP) is 19.9. The van der Waals surface area contributed by atoms with E-state index in [4.69, 9.17) is 15.0 Å². The van der Waals surface area contributed by atoms with E-state index >= 15 is 0 Å². The third-order valence-corrected chi connectivity index (χ3v) is 18.5. The lowest BCUT2D eigenvalue weighted by Crippen LogP contribution is -2.15. The molecule has 0 bridgehead atoms. The van der Waals surface area contributed by atoms with Gasteiger partial charge in [-0.05, 0) is 148 Å². The maximum absolute atomic E-state index is 5.81. The van der Waals surface area contributed by atoms with Crippen molar-refractivity contribution in [1.29, 1.82) is 0 Å². The molecule has 0 saturated heterocycles. The van der Waals surface area contributed by atoms with E-state index in [1.807, 2.05) is 0 Å². The van der Waals surface area contributed by atoms with Crippen LogP contribution in [0.15, 0.2) is 260 Å². The molecular formula is C79H57N3. The van der Waals surface area contributed by atoms with Gasteiger partial charge < -0.3 is 0 Å². The zero-order valence-corrected chi connectivity index (χ0v) is 46.3. The summed E-state index contributed by atoms with van der Waals surface area (Å²) in [5.41, 5.74) is 30.3. The second kappa shape index (κ2) is 18.4. The largest absolute Gasteiger partial charge is 0.251 e. The molecule has 2 unspecified atom stereocenters. The Morgan fingerprint density at radius 1 is 0.341 bits per heavy atom.